The van der Waals surface area contributed by atoms with Crippen LogP contribution in [-0.2, 0) is 6.54 Å². The van der Waals surface area contributed by atoms with Crippen molar-refractivity contribution in [1.29, 1.82) is 0 Å². The number of likely N-dealkylation sites (tertiary alicyclic amines) is 1. The molecule has 108 valence electrons. The second kappa shape index (κ2) is 7.06. The molecule has 0 radical (unpaired) electrons. The van der Waals surface area contributed by atoms with Crippen molar-refractivity contribution in [2.45, 2.75) is 45.7 Å². The van der Waals surface area contributed by atoms with Crippen molar-refractivity contribution in [3.05, 3.63) is 18.0 Å². The molecule has 0 amide bonds. The largest absolute Gasteiger partial charge is 0.316 e. The van der Waals surface area contributed by atoms with E-state index in [9.17, 15) is 0 Å². The molecule has 0 aliphatic carbocycles. The lowest BCUT2D eigenvalue weighted by molar-refractivity contribution is 0.256. The number of aromatic nitrogens is 2. The Morgan fingerprint density at radius 3 is 2.95 bits per heavy atom. The summed E-state index contributed by atoms with van der Waals surface area (Å²) in [6.07, 6.45) is 5.59. The highest BCUT2D eigenvalue weighted by Gasteiger charge is 2.34. The Hall–Kier alpha value is -0.870. The van der Waals surface area contributed by atoms with Gasteiger partial charge in [0.25, 0.3) is 0 Å². The van der Waals surface area contributed by atoms with Crippen LogP contribution in [0.2, 0.25) is 0 Å². The van der Waals surface area contributed by atoms with E-state index in [2.05, 4.69) is 47.0 Å². The molecule has 1 saturated heterocycles. The fourth-order valence-electron chi connectivity index (χ4n) is 3.16. The minimum Gasteiger partial charge on any atom is -0.316 e. The predicted octanol–water partition coefficient (Wildman–Crippen LogP) is 2.29. The van der Waals surface area contributed by atoms with Gasteiger partial charge < -0.3 is 5.32 Å². The predicted molar refractivity (Wildman–Crippen MR) is 79.2 cm³/mol. The van der Waals surface area contributed by atoms with Gasteiger partial charge in [-0.3, -0.25) is 9.58 Å². The molecule has 1 N–H and O–H groups in total. The molecular weight excluding hydrogens is 236 g/mol. The Bertz CT molecular complexity index is 374. The van der Waals surface area contributed by atoms with E-state index < -0.39 is 0 Å². The molecule has 1 aromatic rings. The molecule has 0 aromatic carbocycles. The molecule has 1 aliphatic heterocycles. The summed E-state index contributed by atoms with van der Waals surface area (Å²) in [5, 5.41) is 8.07. The van der Waals surface area contributed by atoms with Gasteiger partial charge in [0.2, 0.25) is 0 Å². The fourth-order valence-corrected chi connectivity index (χ4v) is 3.16. The first-order valence-electron chi connectivity index (χ1n) is 7.70. The van der Waals surface area contributed by atoms with Crippen molar-refractivity contribution in [1.82, 2.24) is 20.0 Å². The number of nitrogens with one attached hydrogen (secondary N) is 1. The van der Waals surface area contributed by atoms with Crippen LogP contribution in [-0.4, -0.2) is 41.4 Å². The number of nitrogens with zero attached hydrogens (tertiary/aromatic N) is 3. The Kier molecular flexibility index (Phi) is 5.40. The molecule has 4 nitrogen and oxygen atoms in total. The van der Waals surface area contributed by atoms with Crippen molar-refractivity contribution >= 4 is 0 Å². The van der Waals surface area contributed by atoms with E-state index in [1.807, 2.05) is 6.20 Å². The maximum absolute atomic E-state index is 4.49. The second-order valence-corrected chi connectivity index (χ2v) is 5.66. The van der Waals surface area contributed by atoms with Crippen molar-refractivity contribution in [2.24, 2.45) is 5.92 Å². The molecule has 1 aromatic heterocycles. The van der Waals surface area contributed by atoms with Crippen LogP contribution in [0.4, 0.5) is 0 Å². The van der Waals surface area contributed by atoms with Crippen molar-refractivity contribution in [3.8, 4) is 0 Å². The van der Waals surface area contributed by atoms with E-state index in [4.69, 9.17) is 0 Å². The summed E-state index contributed by atoms with van der Waals surface area (Å²) in [6.45, 7) is 8.91. The molecule has 4 heteroatoms. The number of hydrogen-bond donors (Lipinski definition) is 1. The molecule has 1 aliphatic rings. The third-order valence-electron chi connectivity index (χ3n) is 4.10. The first kappa shape index (κ1) is 14.5. The van der Waals surface area contributed by atoms with Gasteiger partial charge >= 0.3 is 0 Å². The highest BCUT2D eigenvalue weighted by molar-refractivity contribution is 5.11. The Balaban J connectivity index is 2.07. The lowest BCUT2D eigenvalue weighted by atomic mass is 9.97. The number of aryl methyl sites for hydroxylation is 1. The zero-order valence-electron chi connectivity index (χ0n) is 12.6. The van der Waals surface area contributed by atoms with Crippen LogP contribution in [0.3, 0.4) is 0 Å². The highest BCUT2D eigenvalue weighted by Crippen LogP contribution is 2.35. The Morgan fingerprint density at radius 1 is 1.37 bits per heavy atom. The Morgan fingerprint density at radius 2 is 2.21 bits per heavy atom. The lowest BCUT2D eigenvalue weighted by Crippen LogP contribution is -2.30. The Labute approximate surface area is 117 Å². The summed E-state index contributed by atoms with van der Waals surface area (Å²) >= 11 is 0. The average Bonchev–Trinajstić information content (AvgIpc) is 2.97. The van der Waals surface area contributed by atoms with Gasteiger partial charge in [-0.2, -0.15) is 5.10 Å². The molecule has 2 heterocycles. The molecular formula is C15H28N4. The summed E-state index contributed by atoms with van der Waals surface area (Å²) in [6, 6.07) is 2.73. The number of hydrogen-bond acceptors (Lipinski definition) is 3. The summed E-state index contributed by atoms with van der Waals surface area (Å²) in [5.41, 5.74) is 1.39. The van der Waals surface area contributed by atoms with Crippen LogP contribution < -0.4 is 5.32 Å². The third kappa shape index (κ3) is 3.37. The van der Waals surface area contributed by atoms with Gasteiger partial charge in [-0.1, -0.05) is 13.8 Å². The van der Waals surface area contributed by atoms with Gasteiger partial charge in [-0.05, 0) is 57.9 Å². The third-order valence-corrected chi connectivity index (χ3v) is 4.10. The average molecular weight is 264 g/mol. The molecule has 0 bridgehead atoms. The summed E-state index contributed by atoms with van der Waals surface area (Å²) < 4.78 is 2.19. The maximum Gasteiger partial charge on any atom is 0.0559 e. The standard InChI is InChI=1S/C15H28N4/c1-4-8-16-12-13-7-11-18(3)15(13)14-6-9-17-19(14)10-5-2/h6,9,13,15-16H,4-5,7-8,10-12H2,1-3H3. The van der Waals surface area contributed by atoms with Crippen LogP contribution in [0.25, 0.3) is 0 Å². The van der Waals surface area contributed by atoms with E-state index in [0.29, 0.717) is 12.0 Å². The monoisotopic (exact) mass is 264 g/mol. The van der Waals surface area contributed by atoms with Gasteiger partial charge in [-0.15, -0.1) is 0 Å². The van der Waals surface area contributed by atoms with Gasteiger partial charge in [0.15, 0.2) is 0 Å². The van der Waals surface area contributed by atoms with Crippen molar-refractivity contribution in [3.63, 3.8) is 0 Å². The van der Waals surface area contributed by atoms with Crippen LogP contribution in [0.5, 0.6) is 0 Å². The van der Waals surface area contributed by atoms with Crippen LogP contribution >= 0.6 is 0 Å². The fraction of sp³-hybridized carbons (Fsp3) is 0.800. The summed E-state index contributed by atoms with van der Waals surface area (Å²) in [4.78, 5) is 2.49. The van der Waals surface area contributed by atoms with E-state index in [1.165, 1.54) is 25.1 Å². The summed E-state index contributed by atoms with van der Waals surface area (Å²) in [7, 11) is 2.24. The topological polar surface area (TPSA) is 33.1 Å². The first-order valence-corrected chi connectivity index (χ1v) is 7.70. The quantitative estimate of drug-likeness (QED) is 0.767. The zero-order chi connectivity index (χ0) is 13.7. The second-order valence-electron chi connectivity index (χ2n) is 5.66. The summed E-state index contributed by atoms with van der Waals surface area (Å²) in [5.74, 6) is 0.712. The lowest BCUT2D eigenvalue weighted by Gasteiger charge is -2.26. The highest BCUT2D eigenvalue weighted by atomic mass is 15.3. The number of rotatable bonds is 7. The van der Waals surface area contributed by atoms with Gasteiger partial charge in [-0.25, -0.2) is 0 Å². The van der Waals surface area contributed by atoms with Gasteiger partial charge in [0, 0.05) is 12.7 Å². The maximum atomic E-state index is 4.49. The van der Waals surface area contributed by atoms with E-state index in [0.717, 1.165) is 26.1 Å². The molecule has 2 rings (SSSR count). The van der Waals surface area contributed by atoms with Gasteiger partial charge in [0.1, 0.15) is 0 Å². The zero-order valence-corrected chi connectivity index (χ0v) is 12.6. The molecule has 0 saturated carbocycles. The first-order chi connectivity index (χ1) is 9.27. The minimum atomic E-state index is 0.526. The van der Waals surface area contributed by atoms with E-state index in [-0.39, 0.29) is 0 Å². The smallest absolute Gasteiger partial charge is 0.0559 e. The van der Waals surface area contributed by atoms with Crippen LogP contribution in [0.1, 0.15) is 44.8 Å². The van der Waals surface area contributed by atoms with Crippen molar-refractivity contribution in [2.75, 3.05) is 26.7 Å². The van der Waals surface area contributed by atoms with Gasteiger partial charge in [0.05, 0.1) is 11.7 Å². The van der Waals surface area contributed by atoms with Crippen LogP contribution in [0.15, 0.2) is 12.3 Å². The SMILES string of the molecule is CCCNCC1CCN(C)C1c1ccnn1CCC. The molecule has 1 fully saturated rings. The molecule has 2 unspecified atom stereocenters. The van der Waals surface area contributed by atoms with Crippen LogP contribution in [0, 0.1) is 5.92 Å². The minimum absolute atomic E-state index is 0.526. The normalized spacial score (nSPS) is 24.2. The molecule has 2 atom stereocenters. The van der Waals surface area contributed by atoms with E-state index in [1.54, 1.807) is 0 Å². The molecule has 19 heavy (non-hydrogen) atoms. The van der Waals surface area contributed by atoms with Crippen molar-refractivity contribution < 1.29 is 0 Å². The van der Waals surface area contributed by atoms with E-state index >= 15 is 0 Å². The molecule has 0 spiro atoms.